The second-order valence-corrected chi connectivity index (χ2v) is 13.0. The summed E-state index contributed by atoms with van der Waals surface area (Å²) in [6, 6.07) is 3.94. The summed E-state index contributed by atoms with van der Waals surface area (Å²) in [7, 11) is -3.68. The van der Waals surface area contributed by atoms with Gasteiger partial charge in [-0.3, -0.25) is 9.69 Å². The number of nitrogens with zero attached hydrogens (tertiary/aromatic N) is 5. The molecule has 0 saturated carbocycles. The van der Waals surface area contributed by atoms with Crippen LogP contribution in [0, 0.1) is 0 Å². The van der Waals surface area contributed by atoms with Crippen LogP contribution in [0.5, 0.6) is 0 Å². The smallest absolute Gasteiger partial charge is 0.435 e. The highest BCUT2D eigenvalue weighted by Crippen LogP contribution is 2.38. The van der Waals surface area contributed by atoms with Crippen molar-refractivity contribution >= 4 is 56.7 Å². The number of benzene rings is 1. The third-order valence-corrected chi connectivity index (χ3v) is 7.79. The van der Waals surface area contributed by atoms with E-state index in [4.69, 9.17) is 32.7 Å². The number of sulfonamides is 1. The zero-order valence-corrected chi connectivity index (χ0v) is 26.1. The molecule has 3 aromatic rings. The van der Waals surface area contributed by atoms with Crippen LogP contribution in [0.15, 0.2) is 47.6 Å². The summed E-state index contributed by atoms with van der Waals surface area (Å²) >= 11 is 11.8. The molecule has 0 aliphatic rings. The van der Waals surface area contributed by atoms with Gasteiger partial charge in [-0.05, 0) is 58.9 Å². The summed E-state index contributed by atoms with van der Waals surface area (Å²) in [6.45, 7) is 7.54. The summed E-state index contributed by atoms with van der Waals surface area (Å²) in [5.74, 6) is -0.860. The Hall–Kier alpha value is -3.40. The first-order valence-corrected chi connectivity index (χ1v) is 14.6. The third-order valence-electron chi connectivity index (χ3n) is 5.52. The molecule has 11 nitrogen and oxygen atoms in total. The monoisotopic (exact) mass is 665 g/mol. The fourth-order valence-electron chi connectivity index (χ4n) is 3.75. The Morgan fingerprint density at radius 2 is 1.74 bits per heavy atom. The number of carbonyl (C=O) groups excluding carboxylic acids is 2. The van der Waals surface area contributed by atoms with Crippen LogP contribution < -0.4 is 9.21 Å². The number of hydrogen-bond donors (Lipinski definition) is 0. The third kappa shape index (κ3) is 7.77. The molecule has 0 unspecified atom stereocenters. The van der Waals surface area contributed by atoms with Crippen molar-refractivity contribution in [2.75, 3.05) is 23.0 Å². The SMILES string of the molecule is COCN(c1cc(Cl)cnc1C(=O)N(c1ccn(C(=O)OC(C)(C)C)n1)C(C)C)S(=O)(=O)c1ccc(Cl)c(C(F)(F)F)c1. The van der Waals surface area contributed by atoms with E-state index >= 15 is 0 Å². The zero-order chi connectivity index (χ0) is 32.5. The highest BCUT2D eigenvalue weighted by molar-refractivity contribution is 7.92. The second kappa shape index (κ2) is 12.7. The molecule has 2 aromatic heterocycles. The van der Waals surface area contributed by atoms with Gasteiger partial charge in [-0.2, -0.15) is 17.9 Å². The molecule has 0 N–H and O–H groups in total. The summed E-state index contributed by atoms with van der Waals surface area (Å²) in [6.07, 6.45) is -3.38. The van der Waals surface area contributed by atoms with Gasteiger partial charge >= 0.3 is 12.3 Å². The Kier molecular flexibility index (Phi) is 10.1. The maximum atomic E-state index is 14.0. The van der Waals surface area contributed by atoms with Crippen molar-refractivity contribution < 1.29 is 40.7 Å². The molecule has 0 saturated heterocycles. The van der Waals surface area contributed by atoms with Crippen molar-refractivity contribution in [1.82, 2.24) is 14.8 Å². The Balaban J connectivity index is 2.14. The molecule has 0 fully saturated rings. The molecule has 0 bridgehead atoms. The number of pyridine rings is 1. The molecule has 43 heavy (non-hydrogen) atoms. The van der Waals surface area contributed by atoms with Gasteiger partial charge in [0.15, 0.2) is 11.5 Å². The van der Waals surface area contributed by atoms with Gasteiger partial charge in [0.25, 0.3) is 15.9 Å². The average Bonchev–Trinajstić information content (AvgIpc) is 3.35. The Morgan fingerprint density at radius 3 is 2.30 bits per heavy atom. The van der Waals surface area contributed by atoms with Gasteiger partial charge < -0.3 is 9.47 Å². The van der Waals surface area contributed by atoms with E-state index in [0.29, 0.717) is 10.4 Å². The quantitative estimate of drug-likeness (QED) is 0.259. The maximum absolute atomic E-state index is 14.0. The minimum absolute atomic E-state index is 0.00206. The highest BCUT2D eigenvalue weighted by atomic mass is 35.5. The number of methoxy groups -OCH3 is 1. The van der Waals surface area contributed by atoms with E-state index < -0.39 is 67.7 Å². The molecular formula is C26H28Cl2F3N5O6S. The number of hydrogen-bond acceptors (Lipinski definition) is 8. The lowest BCUT2D eigenvalue weighted by atomic mass is 10.2. The molecule has 0 radical (unpaired) electrons. The van der Waals surface area contributed by atoms with E-state index in [-0.39, 0.29) is 16.5 Å². The summed E-state index contributed by atoms with van der Waals surface area (Å²) < 4.78 is 79.9. The molecule has 1 aromatic carbocycles. The molecule has 17 heteroatoms. The summed E-state index contributed by atoms with van der Waals surface area (Å²) in [5, 5.41) is 3.36. The normalized spacial score (nSPS) is 12.4. The predicted molar refractivity (Wildman–Crippen MR) is 153 cm³/mol. The van der Waals surface area contributed by atoms with Crippen molar-refractivity contribution in [3.63, 3.8) is 0 Å². The number of anilines is 2. The largest absolute Gasteiger partial charge is 0.442 e. The number of alkyl halides is 3. The molecule has 0 aliphatic heterocycles. The minimum atomic E-state index is -4.95. The standard InChI is InChI=1S/C26H28Cl2F3N5O6S/c1-15(2)36(21-9-10-34(33-21)24(38)42-25(3,4)5)23(37)22-20(11-16(27)13-32-22)35(14-41-6)43(39,40)17-7-8-19(28)18(12-17)26(29,30)31/h7-13,15H,14H2,1-6H3. The fraction of sp³-hybridized carbons (Fsp3) is 0.385. The van der Waals surface area contributed by atoms with E-state index in [1.807, 2.05) is 0 Å². The molecule has 1 amide bonds. The number of halogens is 5. The van der Waals surface area contributed by atoms with Crippen LogP contribution in [-0.2, 0) is 25.7 Å². The number of rotatable bonds is 8. The van der Waals surface area contributed by atoms with Gasteiger partial charge in [0.05, 0.1) is 26.2 Å². The van der Waals surface area contributed by atoms with Gasteiger partial charge in [-0.15, -0.1) is 5.10 Å². The zero-order valence-electron chi connectivity index (χ0n) is 23.8. The first-order chi connectivity index (χ1) is 19.8. The van der Waals surface area contributed by atoms with E-state index in [9.17, 15) is 31.2 Å². The molecular weight excluding hydrogens is 638 g/mol. The number of ether oxygens (including phenoxy) is 2. The molecule has 2 heterocycles. The molecule has 0 atom stereocenters. The van der Waals surface area contributed by atoms with Crippen molar-refractivity contribution in [2.45, 2.75) is 57.3 Å². The van der Waals surface area contributed by atoms with Crippen LogP contribution in [0.1, 0.15) is 50.7 Å². The van der Waals surface area contributed by atoms with Gasteiger partial charge in [-0.1, -0.05) is 23.2 Å². The Labute approximate surface area is 256 Å². The second-order valence-electron chi connectivity index (χ2n) is 10.3. The van der Waals surface area contributed by atoms with Gasteiger partial charge in [0, 0.05) is 31.6 Å². The van der Waals surface area contributed by atoms with E-state index in [1.54, 1.807) is 34.6 Å². The van der Waals surface area contributed by atoms with Crippen LogP contribution in [0.3, 0.4) is 0 Å². The van der Waals surface area contributed by atoms with Crippen molar-refractivity contribution in [2.24, 2.45) is 0 Å². The number of amides is 1. The first kappa shape index (κ1) is 34.1. The predicted octanol–water partition coefficient (Wildman–Crippen LogP) is 6.24. The van der Waals surface area contributed by atoms with E-state index in [2.05, 4.69) is 10.1 Å². The molecule has 0 aliphatic carbocycles. The van der Waals surface area contributed by atoms with E-state index in [0.717, 1.165) is 41.1 Å². The summed E-state index contributed by atoms with van der Waals surface area (Å²) in [5.41, 5.74) is -3.03. The first-order valence-electron chi connectivity index (χ1n) is 12.4. The van der Waals surface area contributed by atoms with Gasteiger partial charge in [-0.25, -0.2) is 22.5 Å². The van der Waals surface area contributed by atoms with Crippen LogP contribution in [0.4, 0.5) is 29.5 Å². The highest BCUT2D eigenvalue weighted by Gasteiger charge is 2.37. The maximum Gasteiger partial charge on any atom is 0.435 e. The van der Waals surface area contributed by atoms with Crippen molar-refractivity contribution in [1.29, 1.82) is 0 Å². The lowest BCUT2D eigenvalue weighted by molar-refractivity contribution is -0.137. The Morgan fingerprint density at radius 1 is 1.09 bits per heavy atom. The van der Waals surface area contributed by atoms with Crippen LogP contribution in [0.25, 0.3) is 0 Å². The molecule has 0 spiro atoms. The van der Waals surface area contributed by atoms with Crippen LogP contribution in [-0.4, -0.2) is 60.7 Å². The minimum Gasteiger partial charge on any atom is -0.442 e. The number of aromatic nitrogens is 3. The lowest BCUT2D eigenvalue weighted by Crippen LogP contribution is -2.40. The van der Waals surface area contributed by atoms with Crippen molar-refractivity contribution in [3.05, 3.63) is 64.0 Å². The Bertz CT molecular complexity index is 1620. The van der Waals surface area contributed by atoms with Crippen molar-refractivity contribution in [3.8, 4) is 0 Å². The van der Waals surface area contributed by atoms with E-state index in [1.165, 1.54) is 12.3 Å². The average molecular weight is 667 g/mol. The fourth-order valence-corrected chi connectivity index (χ4v) is 5.53. The molecule has 234 valence electrons. The van der Waals surface area contributed by atoms with Crippen LogP contribution in [0.2, 0.25) is 10.0 Å². The number of carbonyl (C=O) groups is 2. The molecule has 3 rings (SSSR count). The van der Waals surface area contributed by atoms with Gasteiger partial charge in [0.2, 0.25) is 0 Å². The topological polar surface area (TPSA) is 124 Å². The van der Waals surface area contributed by atoms with Crippen LogP contribution >= 0.6 is 23.2 Å². The van der Waals surface area contributed by atoms with Gasteiger partial charge in [0.1, 0.15) is 12.3 Å². The lowest BCUT2D eigenvalue weighted by Gasteiger charge is -2.28. The summed E-state index contributed by atoms with van der Waals surface area (Å²) in [4.78, 5) is 30.9.